The molecule has 0 radical (unpaired) electrons. The third-order valence-electron chi connectivity index (χ3n) is 4.48. The molecule has 0 aliphatic heterocycles. The molecule has 0 saturated carbocycles. The monoisotopic (exact) mass is 502 g/mol. The minimum atomic E-state index is -3.74. The molecule has 0 fully saturated rings. The SMILES string of the molecule is CC=CC(=O)OC(C)COc1ccc(S(=O)(=O)c2ccc(OCC(C)OC(=O)C=CC)cc2)cc1. The van der Waals surface area contributed by atoms with E-state index in [1.54, 1.807) is 64.1 Å². The molecule has 9 heteroatoms. The van der Waals surface area contributed by atoms with Crippen molar-refractivity contribution in [2.75, 3.05) is 13.2 Å². The van der Waals surface area contributed by atoms with Crippen molar-refractivity contribution in [1.82, 2.24) is 0 Å². The van der Waals surface area contributed by atoms with Gasteiger partial charge in [0.1, 0.15) is 36.9 Å². The van der Waals surface area contributed by atoms with Gasteiger partial charge in [-0.25, -0.2) is 18.0 Å². The lowest BCUT2D eigenvalue weighted by Gasteiger charge is -2.14. The second kappa shape index (κ2) is 13.3. The highest BCUT2D eigenvalue weighted by Gasteiger charge is 2.18. The van der Waals surface area contributed by atoms with Crippen LogP contribution >= 0.6 is 0 Å². The fourth-order valence-electron chi connectivity index (χ4n) is 2.81. The van der Waals surface area contributed by atoms with Gasteiger partial charge in [0, 0.05) is 12.2 Å². The minimum Gasteiger partial charge on any atom is -0.490 e. The second-order valence-electron chi connectivity index (χ2n) is 7.56. The number of sulfone groups is 1. The molecule has 2 atom stereocenters. The van der Waals surface area contributed by atoms with Gasteiger partial charge in [0.15, 0.2) is 0 Å². The standard InChI is InChI=1S/C26H30O8S/c1-5-7-25(27)33-19(3)17-31-21-9-13-23(14-10-21)35(29,30)24-15-11-22(12-16-24)32-18-20(4)34-26(28)8-6-2/h5-16,19-20H,17-18H2,1-4H3. The van der Waals surface area contributed by atoms with Crippen LogP contribution in [0.3, 0.4) is 0 Å². The van der Waals surface area contributed by atoms with Gasteiger partial charge in [0.05, 0.1) is 9.79 Å². The zero-order valence-corrected chi connectivity index (χ0v) is 21.0. The van der Waals surface area contributed by atoms with Gasteiger partial charge in [-0.1, -0.05) is 12.2 Å². The molecule has 0 heterocycles. The Bertz CT molecular complexity index is 1050. The first-order valence-corrected chi connectivity index (χ1v) is 12.5. The molecular formula is C26H30O8S. The van der Waals surface area contributed by atoms with Gasteiger partial charge >= 0.3 is 11.9 Å². The molecule has 0 aliphatic rings. The lowest BCUT2D eigenvalue weighted by atomic mass is 10.3. The summed E-state index contributed by atoms with van der Waals surface area (Å²) in [5.41, 5.74) is 0. The average molecular weight is 503 g/mol. The summed E-state index contributed by atoms with van der Waals surface area (Å²) in [7, 11) is -3.74. The molecule has 8 nitrogen and oxygen atoms in total. The van der Waals surface area contributed by atoms with Crippen molar-refractivity contribution in [2.45, 2.75) is 49.7 Å². The number of benzene rings is 2. The Morgan fingerprint density at radius 1 is 0.714 bits per heavy atom. The lowest BCUT2D eigenvalue weighted by molar-refractivity contribution is -0.144. The highest BCUT2D eigenvalue weighted by atomic mass is 32.2. The molecule has 2 unspecified atom stereocenters. The van der Waals surface area contributed by atoms with Crippen LogP contribution in [-0.4, -0.2) is 45.8 Å². The Morgan fingerprint density at radius 3 is 1.37 bits per heavy atom. The predicted octanol–water partition coefficient (Wildman–Crippen LogP) is 4.29. The van der Waals surface area contributed by atoms with Gasteiger partial charge in [-0.2, -0.15) is 0 Å². The number of carbonyl (C=O) groups is 2. The highest BCUT2D eigenvalue weighted by molar-refractivity contribution is 7.91. The summed E-state index contributed by atoms with van der Waals surface area (Å²) in [6, 6.07) is 12.0. The van der Waals surface area contributed by atoms with Gasteiger partial charge in [-0.15, -0.1) is 0 Å². The zero-order chi connectivity index (χ0) is 25.8. The number of hydrogen-bond donors (Lipinski definition) is 0. The predicted molar refractivity (Wildman–Crippen MR) is 130 cm³/mol. The maximum absolute atomic E-state index is 12.9. The first-order chi connectivity index (χ1) is 16.6. The van der Waals surface area contributed by atoms with E-state index in [0.29, 0.717) is 11.5 Å². The van der Waals surface area contributed by atoms with E-state index < -0.39 is 34.0 Å². The molecule has 0 bridgehead atoms. The smallest absolute Gasteiger partial charge is 0.330 e. The molecule has 0 saturated heterocycles. The molecule has 2 aromatic rings. The molecule has 35 heavy (non-hydrogen) atoms. The largest absolute Gasteiger partial charge is 0.490 e. The van der Waals surface area contributed by atoms with Crippen LogP contribution in [-0.2, 0) is 28.9 Å². The van der Waals surface area contributed by atoms with Gasteiger partial charge < -0.3 is 18.9 Å². The summed E-state index contributed by atoms with van der Waals surface area (Å²) >= 11 is 0. The van der Waals surface area contributed by atoms with Crippen LogP contribution in [0.25, 0.3) is 0 Å². The van der Waals surface area contributed by atoms with Crippen LogP contribution in [0, 0.1) is 0 Å². The van der Waals surface area contributed by atoms with Crippen LogP contribution in [0.15, 0.2) is 82.6 Å². The average Bonchev–Trinajstić information content (AvgIpc) is 2.82. The molecule has 0 spiro atoms. The quantitative estimate of drug-likeness (QED) is 0.313. The van der Waals surface area contributed by atoms with Crippen molar-refractivity contribution >= 4 is 21.8 Å². The topological polar surface area (TPSA) is 105 Å². The van der Waals surface area contributed by atoms with E-state index in [4.69, 9.17) is 18.9 Å². The second-order valence-corrected chi connectivity index (χ2v) is 9.51. The van der Waals surface area contributed by atoms with Gasteiger partial charge in [-0.05, 0) is 76.2 Å². The fraction of sp³-hybridized carbons (Fsp3) is 0.308. The molecule has 0 N–H and O–H groups in total. The van der Waals surface area contributed by atoms with Crippen molar-refractivity contribution in [1.29, 1.82) is 0 Å². The van der Waals surface area contributed by atoms with Gasteiger partial charge in [0.25, 0.3) is 0 Å². The minimum absolute atomic E-state index is 0.107. The Morgan fingerprint density at radius 2 is 1.06 bits per heavy atom. The van der Waals surface area contributed by atoms with Crippen LogP contribution in [0.5, 0.6) is 11.5 Å². The molecule has 0 aromatic heterocycles. The Hall–Kier alpha value is -3.59. The van der Waals surface area contributed by atoms with E-state index in [1.165, 1.54) is 36.4 Å². The summed E-state index contributed by atoms with van der Waals surface area (Å²) in [6.07, 6.45) is 4.87. The van der Waals surface area contributed by atoms with Gasteiger partial charge in [0.2, 0.25) is 9.84 Å². The first kappa shape index (κ1) is 27.7. The Labute approximate surface area is 206 Å². The van der Waals surface area contributed by atoms with Crippen molar-refractivity contribution in [2.24, 2.45) is 0 Å². The number of allylic oxidation sites excluding steroid dienone is 2. The normalized spacial score (nSPS) is 13.4. The third kappa shape index (κ3) is 8.94. The molecule has 2 rings (SSSR count). The van der Waals surface area contributed by atoms with Gasteiger partial charge in [-0.3, -0.25) is 0 Å². The van der Waals surface area contributed by atoms with E-state index in [1.807, 2.05) is 0 Å². The van der Waals surface area contributed by atoms with Crippen LogP contribution in [0.1, 0.15) is 27.7 Å². The molecule has 2 aromatic carbocycles. The Kier molecular flexibility index (Phi) is 10.5. The van der Waals surface area contributed by atoms with Crippen molar-refractivity contribution in [3.05, 3.63) is 72.8 Å². The first-order valence-electron chi connectivity index (χ1n) is 11.0. The van der Waals surface area contributed by atoms with E-state index in [9.17, 15) is 18.0 Å². The number of carbonyl (C=O) groups excluding carboxylic acids is 2. The zero-order valence-electron chi connectivity index (χ0n) is 20.2. The number of rotatable bonds is 12. The van der Waals surface area contributed by atoms with E-state index >= 15 is 0 Å². The molecular weight excluding hydrogens is 472 g/mol. The number of esters is 2. The maximum atomic E-state index is 12.9. The van der Waals surface area contributed by atoms with Crippen LogP contribution in [0.4, 0.5) is 0 Å². The van der Waals surface area contributed by atoms with Crippen LogP contribution < -0.4 is 9.47 Å². The summed E-state index contributed by atoms with van der Waals surface area (Å²) in [5, 5.41) is 0. The van der Waals surface area contributed by atoms with E-state index in [-0.39, 0.29) is 23.0 Å². The van der Waals surface area contributed by atoms with Crippen LogP contribution in [0.2, 0.25) is 0 Å². The third-order valence-corrected chi connectivity index (χ3v) is 6.26. The van der Waals surface area contributed by atoms with Crippen molar-refractivity contribution in [3.8, 4) is 11.5 Å². The summed E-state index contributed by atoms with van der Waals surface area (Å²) in [6.45, 7) is 7.09. The summed E-state index contributed by atoms with van der Waals surface area (Å²) < 4.78 is 47.3. The van der Waals surface area contributed by atoms with Crippen molar-refractivity contribution in [3.63, 3.8) is 0 Å². The lowest BCUT2D eigenvalue weighted by Crippen LogP contribution is -2.21. The number of hydrogen-bond acceptors (Lipinski definition) is 8. The number of ether oxygens (including phenoxy) is 4. The van der Waals surface area contributed by atoms with Crippen molar-refractivity contribution < 1.29 is 37.0 Å². The molecule has 0 aliphatic carbocycles. The van der Waals surface area contributed by atoms with E-state index in [0.717, 1.165) is 0 Å². The molecule has 0 amide bonds. The van der Waals surface area contributed by atoms with E-state index in [2.05, 4.69) is 0 Å². The maximum Gasteiger partial charge on any atom is 0.330 e. The summed E-state index contributed by atoms with van der Waals surface area (Å²) in [5.74, 6) is -0.00984. The Balaban J connectivity index is 1.94. The highest BCUT2D eigenvalue weighted by Crippen LogP contribution is 2.25. The molecule has 188 valence electrons. The fourth-order valence-corrected chi connectivity index (χ4v) is 4.07. The summed E-state index contributed by atoms with van der Waals surface area (Å²) in [4.78, 5) is 23.1.